The van der Waals surface area contributed by atoms with Gasteiger partial charge in [-0.15, -0.1) is 5.10 Å². The molecule has 32 heavy (non-hydrogen) atoms. The summed E-state index contributed by atoms with van der Waals surface area (Å²) in [6.07, 6.45) is 0. The molecule has 1 fully saturated rings. The average molecular weight is 441 g/mol. The van der Waals surface area contributed by atoms with Crippen molar-refractivity contribution in [3.05, 3.63) is 47.2 Å². The Kier molecular flexibility index (Phi) is 6.88. The fourth-order valence-electron chi connectivity index (χ4n) is 3.59. The van der Waals surface area contributed by atoms with Gasteiger partial charge in [-0.1, -0.05) is 45.0 Å². The number of aromatic nitrogens is 4. The highest BCUT2D eigenvalue weighted by Crippen LogP contribution is 2.22. The molecule has 0 bridgehead atoms. The normalized spacial score (nSPS) is 15.2. The van der Waals surface area contributed by atoms with Crippen LogP contribution in [0.2, 0.25) is 0 Å². The molecular formula is C23H32N6O3. The quantitative estimate of drug-likeness (QED) is 0.551. The summed E-state index contributed by atoms with van der Waals surface area (Å²) in [5.74, 6) is 1.46. The Labute approximate surface area is 188 Å². The summed E-state index contributed by atoms with van der Waals surface area (Å²) < 4.78 is 12.7. The van der Waals surface area contributed by atoms with E-state index in [1.54, 1.807) is 4.52 Å². The summed E-state index contributed by atoms with van der Waals surface area (Å²) in [4.78, 5) is 11.5. The number of nitrogens with one attached hydrogen (secondary N) is 1. The van der Waals surface area contributed by atoms with Crippen LogP contribution in [0.15, 0.2) is 30.3 Å². The fraction of sp³-hybridized carbons (Fsp3) is 0.522. The number of aliphatic hydroxyl groups excluding tert-OH is 1. The summed E-state index contributed by atoms with van der Waals surface area (Å²) in [7, 11) is 0. The predicted octanol–water partition coefficient (Wildman–Crippen LogP) is 2.24. The smallest absolute Gasteiger partial charge is 0.257 e. The Balaban J connectivity index is 1.50. The second-order valence-electron chi connectivity index (χ2n) is 8.99. The number of ether oxygens (including phenoxy) is 2. The van der Waals surface area contributed by atoms with Crippen LogP contribution in [-0.2, 0) is 23.2 Å². The maximum absolute atomic E-state index is 9.19. The molecule has 0 amide bonds. The second-order valence-corrected chi connectivity index (χ2v) is 8.99. The van der Waals surface area contributed by atoms with E-state index in [9.17, 15) is 5.11 Å². The molecule has 4 rings (SSSR count). The molecule has 2 N–H and O–H groups in total. The number of nitrogens with zero attached hydrogens (tertiary/aromatic N) is 5. The van der Waals surface area contributed by atoms with E-state index < -0.39 is 0 Å². The lowest BCUT2D eigenvalue weighted by Gasteiger charge is -2.26. The van der Waals surface area contributed by atoms with Crippen molar-refractivity contribution >= 4 is 11.7 Å². The summed E-state index contributed by atoms with van der Waals surface area (Å²) in [5.41, 5.74) is 3.43. The van der Waals surface area contributed by atoms with Crippen molar-refractivity contribution in [2.45, 2.75) is 39.3 Å². The van der Waals surface area contributed by atoms with Crippen LogP contribution in [0.3, 0.4) is 0 Å². The highest BCUT2D eigenvalue weighted by atomic mass is 16.5. The average Bonchev–Trinajstić information content (AvgIpc) is 3.19. The van der Waals surface area contributed by atoms with Gasteiger partial charge in [0.15, 0.2) is 0 Å². The topological polar surface area (TPSA) is 97.0 Å². The number of morpholine rings is 1. The number of anilines is 1. The Hall–Kier alpha value is -2.75. The molecule has 1 aromatic carbocycles. The molecule has 1 saturated heterocycles. The van der Waals surface area contributed by atoms with Gasteiger partial charge < -0.3 is 19.9 Å². The highest BCUT2D eigenvalue weighted by molar-refractivity contribution is 5.41. The lowest BCUT2D eigenvalue weighted by Crippen LogP contribution is -2.35. The van der Waals surface area contributed by atoms with Crippen molar-refractivity contribution in [1.82, 2.24) is 24.5 Å². The molecule has 9 heteroatoms. The van der Waals surface area contributed by atoms with E-state index >= 15 is 0 Å². The van der Waals surface area contributed by atoms with Crippen LogP contribution in [0.1, 0.15) is 37.6 Å². The van der Waals surface area contributed by atoms with E-state index in [4.69, 9.17) is 9.47 Å². The molecule has 1 aliphatic rings. The van der Waals surface area contributed by atoms with Gasteiger partial charge in [-0.05, 0) is 16.5 Å². The Morgan fingerprint density at radius 2 is 1.88 bits per heavy atom. The zero-order chi connectivity index (χ0) is 22.6. The van der Waals surface area contributed by atoms with Crippen LogP contribution in [-0.4, -0.2) is 69.1 Å². The summed E-state index contributed by atoms with van der Waals surface area (Å²) >= 11 is 0. The van der Waals surface area contributed by atoms with E-state index in [1.807, 2.05) is 6.07 Å². The van der Waals surface area contributed by atoms with Crippen LogP contribution in [0.4, 0.5) is 5.95 Å². The molecule has 0 aliphatic carbocycles. The number of aliphatic hydroxyl groups is 1. The van der Waals surface area contributed by atoms with Crippen molar-refractivity contribution in [2.24, 2.45) is 0 Å². The first kappa shape index (κ1) is 22.4. The van der Waals surface area contributed by atoms with Crippen molar-refractivity contribution < 1.29 is 14.6 Å². The number of hydrogen-bond acceptors (Lipinski definition) is 8. The minimum Gasteiger partial charge on any atom is -0.475 e. The van der Waals surface area contributed by atoms with E-state index in [0.717, 1.165) is 37.6 Å². The highest BCUT2D eigenvalue weighted by Gasteiger charge is 2.17. The van der Waals surface area contributed by atoms with Crippen LogP contribution in [0.25, 0.3) is 5.78 Å². The van der Waals surface area contributed by atoms with E-state index in [0.29, 0.717) is 30.7 Å². The van der Waals surface area contributed by atoms with Gasteiger partial charge in [-0.2, -0.15) is 9.50 Å². The molecule has 0 saturated carbocycles. The molecule has 172 valence electrons. The Morgan fingerprint density at radius 1 is 1.12 bits per heavy atom. The van der Waals surface area contributed by atoms with Crippen LogP contribution >= 0.6 is 0 Å². The summed E-state index contributed by atoms with van der Waals surface area (Å²) in [6.45, 7) is 11.2. The molecule has 1 aliphatic heterocycles. The summed E-state index contributed by atoms with van der Waals surface area (Å²) in [6, 6.07) is 10.4. The van der Waals surface area contributed by atoms with Crippen LogP contribution < -0.4 is 10.1 Å². The molecule has 0 spiro atoms. The lowest BCUT2D eigenvalue weighted by molar-refractivity contribution is 0.0336. The number of fused-ring (bicyclic) bond motifs is 1. The molecule has 3 aromatic rings. The predicted molar refractivity (Wildman–Crippen MR) is 122 cm³/mol. The lowest BCUT2D eigenvalue weighted by atomic mass is 9.87. The Bertz CT molecular complexity index is 1020. The minimum atomic E-state index is -0.0764. The largest absolute Gasteiger partial charge is 0.475 e. The fourth-order valence-corrected chi connectivity index (χ4v) is 3.59. The minimum absolute atomic E-state index is 0.0764. The molecule has 2 aromatic heterocycles. The molecule has 0 radical (unpaired) electrons. The maximum Gasteiger partial charge on any atom is 0.257 e. The first-order chi connectivity index (χ1) is 15.4. The van der Waals surface area contributed by atoms with Gasteiger partial charge in [-0.25, -0.2) is 4.98 Å². The third-order valence-electron chi connectivity index (χ3n) is 5.43. The second kappa shape index (κ2) is 9.81. The molecule has 0 unspecified atom stereocenters. The monoisotopic (exact) mass is 440 g/mol. The standard InChI is InChI=1S/C23H32N6O3/c1-23(2,3)18-6-4-17(5-7-18)15-24-21-26-22-25-19(16-28-8-11-31-12-9-28)14-20(29(22)27-21)32-13-10-30/h4-7,14,30H,8-13,15-16H2,1-3H3,(H,24,27). The van der Waals surface area contributed by atoms with Crippen molar-refractivity contribution in [3.63, 3.8) is 0 Å². The van der Waals surface area contributed by atoms with Gasteiger partial charge in [0, 0.05) is 32.2 Å². The zero-order valence-corrected chi connectivity index (χ0v) is 19.0. The van der Waals surface area contributed by atoms with E-state index in [2.05, 4.69) is 70.3 Å². The zero-order valence-electron chi connectivity index (χ0n) is 19.0. The number of hydrogen-bond donors (Lipinski definition) is 2. The molecule has 0 atom stereocenters. The van der Waals surface area contributed by atoms with E-state index in [1.165, 1.54) is 5.56 Å². The number of rotatable bonds is 8. The number of benzene rings is 1. The van der Waals surface area contributed by atoms with Crippen LogP contribution in [0, 0.1) is 0 Å². The van der Waals surface area contributed by atoms with Crippen molar-refractivity contribution in [2.75, 3.05) is 44.8 Å². The third-order valence-corrected chi connectivity index (χ3v) is 5.43. The first-order valence-electron chi connectivity index (χ1n) is 11.1. The third kappa shape index (κ3) is 5.53. The van der Waals surface area contributed by atoms with Gasteiger partial charge in [0.05, 0.1) is 25.5 Å². The molecule has 9 nitrogen and oxygen atoms in total. The van der Waals surface area contributed by atoms with Gasteiger partial charge in [0.25, 0.3) is 5.78 Å². The van der Waals surface area contributed by atoms with Gasteiger partial charge in [0.1, 0.15) is 6.61 Å². The summed E-state index contributed by atoms with van der Waals surface area (Å²) in [5, 5.41) is 17.0. The Morgan fingerprint density at radius 3 is 2.56 bits per heavy atom. The van der Waals surface area contributed by atoms with Crippen LogP contribution in [0.5, 0.6) is 5.88 Å². The van der Waals surface area contributed by atoms with Crippen molar-refractivity contribution in [3.8, 4) is 5.88 Å². The van der Waals surface area contributed by atoms with E-state index in [-0.39, 0.29) is 18.6 Å². The van der Waals surface area contributed by atoms with Gasteiger partial charge >= 0.3 is 0 Å². The maximum atomic E-state index is 9.19. The molecular weight excluding hydrogens is 408 g/mol. The van der Waals surface area contributed by atoms with Crippen molar-refractivity contribution in [1.29, 1.82) is 0 Å². The van der Waals surface area contributed by atoms with Gasteiger partial charge in [-0.3, -0.25) is 4.90 Å². The van der Waals surface area contributed by atoms with Gasteiger partial charge in [0.2, 0.25) is 11.8 Å². The first-order valence-corrected chi connectivity index (χ1v) is 11.1. The SMILES string of the molecule is CC(C)(C)c1ccc(CNc2nc3nc(CN4CCOCC4)cc(OCCO)n3n2)cc1. The molecule has 3 heterocycles.